The molecule has 2 fully saturated rings. The molecule has 0 aromatic rings. The van der Waals surface area contributed by atoms with Crippen molar-refractivity contribution in [2.24, 2.45) is 11.8 Å². The van der Waals surface area contributed by atoms with E-state index in [2.05, 4.69) is 13.3 Å². The minimum atomic E-state index is 0.597. The van der Waals surface area contributed by atoms with E-state index in [1.165, 1.54) is 12.8 Å². The minimum Gasteiger partial charge on any atom is -0.378 e. The average molecular weight is 125 g/mol. The lowest BCUT2D eigenvalue weighted by Gasteiger charge is -2.08. The first kappa shape index (κ1) is 5.72. The molecule has 0 N–H and O–H groups in total. The normalized spacial score (nSPS) is 49.7. The van der Waals surface area contributed by atoms with E-state index in [1.807, 2.05) is 0 Å². The number of fused-ring (bicyclic) bond motifs is 1. The lowest BCUT2D eigenvalue weighted by molar-refractivity contribution is 0.103. The van der Waals surface area contributed by atoms with Crippen LogP contribution in [0.25, 0.3) is 0 Å². The molecule has 1 saturated heterocycles. The van der Waals surface area contributed by atoms with Gasteiger partial charge in [-0.3, -0.25) is 0 Å². The van der Waals surface area contributed by atoms with Gasteiger partial charge >= 0.3 is 0 Å². The van der Waals surface area contributed by atoms with E-state index in [0.717, 1.165) is 18.4 Å². The highest BCUT2D eigenvalue weighted by Gasteiger charge is 2.37. The molecule has 1 aliphatic heterocycles. The van der Waals surface area contributed by atoms with Crippen molar-refractivity contribution in [3.05, 3.63) is 6.42 Å². The van der Waals surface area contributed by atoms with E-state index in [1.54, 1.807) is 0 Å². The summed E-state index contributed by atoms with van der Waals surface area (Å²) in [6.07, 6.45) is 5.46. The van der Waals surface area contributed by atoms with Crippen LogP contribution in [-0.2, 0) is 4.74 Å². The van der Waals surface area contributed by atoms with Crippen LogP contribution in [0.5, 0.6) is 0 Å². The summed E-state index contributed by atoms with van der Waals surface area (Å²) in [6.45, 7) is 3.30. The summed E-state index contributed by atoms with van der Waals surface area (Å²) in [5, 5.41) is 0. The van der Waals surface area contributed by atoms with Crippen molar-refractivity contribution in [2.75, 3.05) is 6.61 Å². The van der Waals surface area contributed by atoms with Gasteiger partial charge < -0.3 is 4.74 Å². The van der Waals surface area contributed by atoms with Crippen LogP contribution < -0.4 is 0 Å². The maximum Gasteiger partial charge on any atom is 0.0609 e. The van der Waals surface area contributed by atoms with Gasteiger partial charge in [-0.2, -0.15) is 0 Å². The van der Waals surface area contributed by atoms with Crippen LogP contribution in [-0.4, -0.2) is 12.7 Å². The number of ether oxygens (including phenoxy) is 1. The van der Waals surface area contributed by atoms with Gasteiger partial charge in [0.05, 0.1) is 6.10 Å². The Morgan fingerprint density at radius 1 is 1.44 bits per heavy atom. The molecule has 0 aromatic carbocycles. The molecule has 1 nitrogen and oxygen atoms in total. The van der Waals surface area contributed by atoms with Crippen LogP contribution in [0.2, 0.25) is 0 Å². The Bertz CT molecular complexity index is 111. The zero-order chi connectivity index (χ0) is 6.27. The van der Waals surface area contributed by atoms with Crippen LogP contribution in [0.3, 0.4) is 0 Å². The Morgan fingerprint density at radius 2 is 2.33 bits per heavy atom. The molecular formula is C8H13O. The van der Waals surface area contributed by atoms with E-state index in [4.69, 9.17) is 4.74 Å². The second kappa shape index (κ2) is 1.98. The third-order valence-corrected chi connectivity index (χ3v) is 2.62. The summed E-state index contributed by atoms with van der Waals surface area (Å²) in [5.41, 5.74) is 0. The molecule has 0 unspecified atom stereocenters. The highest BCUT2D eigenvalue weighted by Crippen LogP contribution is 2.38. The van der Waals surface area contributed by atoms with E-state index >= 15 is 0 Å². The average Bonchev–Trinajstić information content (AvgIpc) is 2.35. The summed E-state index contributed by atoms with van der Waals surface area (Å²) < 4.78 is 5.56. The third-order valence-electron chi connectivity index (χ3n) is 2.62. The van der Waals surface area contributed by atoms with Gasteiger partial charge in [0, 0.05) is 6.61 Å². The van der Waals surface area contributed by atoms with Crippen molar-refractivity contribution in [1.29, 1.82) is 0 Å². The van der Waals surface area contributed by atoms with Gasteiger partial charge in [0.1, 0.15) is 0 Å². The molecule has 2 rings (SSSR count). The fourth-order valence-corrected chi connectivity index (χ4v) is 1.97. The maximum atomic E-state index is 5.56. The molecule has 0 aromatic heterocycles. The quantitative estimate of drug-likeness (QED) is 0.478. The first-order valence-corrected chi connectivity index (χ1v) is 3.81. The largest absolute Gasteiger partial charge is 0.378 e. The molecule has 0 bridgehead atoms. The predicted octanol–water partition coefficient (Wildman–Crippen LogP) is 1.64. The van der Waals surface area contributed by atoms with Gasteiger partial charge in [0.25, 0.3) is 0 Å². The van der Waals surface area contributed by atoms with Crippen molar-refractivity contribution < 1.29 is 4.74 Å². The Balaban J connectivity index is 2.07. The molecule has 1 heterocycles. The van der Waals surface area contributed by atoms with Crippen LogP contribution in [0.4, 0.5) is 0 Å². The summed E-state index contributed by atoms with van der Waals surface area (Å²) in [4.78, 5) is 0. The van der Waals surface area contributed by atoms with Gasteiger partial charge in [0.15, 0.2) is 0 Å². The van der Waals surface area contributed by atoms with Gasteiger partial charge in [0.2, 0.25) is 0 Å². The summed E-state index contributed by atoms with van der Waals surface area (Å²) in [6, 6.07) is 0. The van der Waals surface area contributed by atoms with Crippen molar-refractivity contribution in [2.45, 2.75) is 25.9 Å². The second-order valence-electron chi connectivity index (χ2n) is 3.27. The predicted molar refractivity (Wildman–Crippen MR) is 35.9 cm³/mol. The van der Waals surface area contributed by atoms with Gasteiger partial charge in [-0.1, -0.05) is 6.92 Å². The van der Waals surface area contributed by atoms with Crippen molar-refractivity contribution in [1.82, 2.24) is 0 Å². The van der Waals surface area contributed by atoms with Crippen LogP contribution in [0, 0.1) is 18.3 Å². The Labute approximate surface area is 56.4 Å². The van der Waals surface area contributed by atoms with Gasteiger partial charge in [-0.15, -0.1) is 0 Å². The van der Waals surface area contributed by atoms with Crippen LogP contribution in [0.15, 0.2) is 0 Å². The molecular weight excluding hydrogens is 112 g/mol. The SMILES string of the molecule is C[C@H]1CO[C@@H]2C[CH]C[C@H]12. The van der Waals surface area contributed by atoms with E-state index in [-0.39, 0.29) is 0 Å². The molecule has 0 spiro atoms. The number of hydrogen-bond acceptors (Lipinski definition) is 1. The fourth-order valence-electron chi connectivity index (χ4n) is 1.97. The van der Waals surface area contributed by atoms with Crippen LogP contribution >= 0.6 is 0 Å². The minimum absolute atomic E-state index is 0.597. The van der Waals surface area contributed by atoms with E-state index < -0.39 is 0 Å². The monoisotopic (exact) mass is 125 g/mol. The number of hydrogen-bond donors (Lipinski definition) is 0. The van der Waals surface area contributed by atoms with Crippen molar-refractivity contribution in [3.8, 4) is 0 Å². The molecule has 9 heavy (non-hydrogen) atoms. The smallest absolute Gasteiger partial charge is 0.0609 e. The Morgan fingerprint density at radius 3 is 3.11 bits per heavy atom. The highest BCUT2D eigenvalue weighted by atomic mass is 16.5. The molecule has 51 valence electrons. The molecule has 1 radical (unpaired) electrons. The zero-order valence-electron chi connectivity index (χ0n) is 5.84. The Kier molecular flexibility index (Phi) is 1.26. The first-order chi connectivity index (χ1) is 4.38. The van der Waals surface area contributed by atoms with Crippen LogP contribution in [0.1, 0.15) is 19.8 Å². The molecule has 3 atom stereocenters. The van der Waals surface area contributed by atoms with Crippen molar-refractivity contribution in [3.63, 3.8) is 0 Å². The molecule has 0 amide bonds. The highest BCUT2D eigenvalue weighted by molar-refractivity contribution is 4.94. The topological polar surface area (TPSA) is 9.23 Å². The molecule has 1 saturated carbocycles. The summed E-state index contributed by atoms with van der Waals surface area (Å²) >= 11 is 0. The van der Waals surface area contributed by atoms with E-state index in [0.29, 0.717) is 6.10 Å². The number of rotatable bonds is 0. The maximum absolute atomic E-state index is 5.56. The third kappa shape index (κ3) is 0.787. The standard InChI is InChI=1S/C8H13O/c1-6-5-9-8-4-2-3-7(6)8/h2,6-8H,3-5H2,1H3/t6-,7+,8+/m0/s1. The Hall–Kier alpha value is -0.0400. The molecule has 2 aliphatic rings. The lowest BCUT2D eigenvalue weighted by atomic mass is 9.95. The first-order valence-electron chi connectivity index (χ1n) is 3.81. The molecule has 1 heteroatoms. The van der Waals surface area contributed by atoms with Crippen molar-refractivity contribution >= 4 is 0 Å². The second-order valence-corrected chi connectivity index (χ2v) is 3.27. The zero-order valence-corrected chi connectivity index (χ0v) is 5.84. The summed E-state index contributed by atoms with van der Waals surface area (Å²) in [5.74, 6) is 1.68. The van der Waals surface area contributed by atoms with Gasteiger partial charge in [-0.05, 0) is 31.1 Å². The summed E-state index contributed by atoms with van der Waals surface area (Å²) in [7, 11) is 0. The van der Waals surface area contributed by atoms with E-state index in [9.17, 15) is 0 Å². The lowest BCUT2D eigenvalue weighted by Crippen LogP contribution is -2.10. The fraction of sp³-hybridized carbons (Fsp3) is 0.875. The van der Waals surface area contributed by atoms with Gasteiger partial charge in [-0.25, -0.2) is 0 Å². The molecule has 1 aliphatic carbocycles.